The summed E-state index contributed by atoms with van der Waals surface area (Å²) in [5.74, 6) is -0.936. The van der Waals surface area contributed by atoms with Crippen molar-refractivity contribution in [1.29, 1.82) is 0 Å². The van der Waals surface area contributed by atoms with Crippen LogP contribution in [0.2, 0.25) is 0 Å². The van der Waals surface area contributed by atoms with Crippen LogP contribution in [0, 0.1) is 0 Å². The molecule has 1 saturated heterocycles. The van der Waals surface area contributed by atoms with E-state index in [2.05, 4.69) is 11.9 Å². The molecule has 0 saturated carbocycles. The normalized spacial score (nSPS) is 22.2. The summed E-state index contributed by atoms with van der Waals surface area (Å²) in [6.45, 7) is 5.84. The van der Waals surface area contributed by atoms with E-state index in [9.17, 15) is 9.59 Å². The highest BCUT2D eigenvalue weighted by atomic mass is 16.4. The predicted molar refractivity (Wildman–Crippen MR) is 55.6 cm³/mol. The van der Waals surface area contributed by atoms with E-state index >= 15 is 0 Å². The number of nitrogens with one attached hydrogen (secondary N) is 1. The highest BCUT2D eigenvalue weighted by molar-refractivity contribution is 5.83. The van der Waals surface area contributed by atoms with Crippen molar-refractivity contribution in [3.8, 4) is 0 Å². The molecule has 0 aromatic heterocycles. The number of carboxylic acids is 1. The Morgan fingerprint density at radius 2 is 2.33 bits per heavy atom. The fourth-order valence-electron chi connectivity index (χ4n) is 1.60. The molecule has 1 aliphatic heterocycles. The quantitative estimate of drug-likeness (QED) is 0.680. The number of carbonyl (C=O) groups is 2. The van der Waals surface area contributed by atoms with Gasteiger partial charge in [-0.25, -0.2) is 9.59 Å². The summed E-state index contributed by atoms with van der Waals surface area (Å²) in [4.78, 5) is 23.8. The lowest BCUT2D eigenvalue weighted by Gasteiger charge is -2.23. The van der Waals surface area contributed by atoms with Crippen molar-refractivity contribution < 1.29 is 14.7 Å². The Morgan fingerprint density at radius 3 is 2.87 bits per heavy atom. The number of urea groups is 1. The third kappa shape index (κ3) is 2.71. The molecule has 1 unspecified atom stereocenters. The van der Waals surface area contributed by atoms with Gasteiger partial charge in [-0.05, 0) is 19.8 Å². The van der Waals surface area contributed by atoms with Crippen molar-refractivity contribution >= 4 is 12.0 Å². The van der Waals surface area contributed by atoms with E-state index in [4.69, 9.17) is 5.11 Å². The number of likely N-dealkylation sites (tertiary alicyclic amines) is 1. The van der Waals surface area contributed by atoms with E-state index in [1.165, 1.54) is 4.90 Å². The van der Waals surface area contributed by atoms with Crippen molar-refractivity contribution in [3.63, 3.8) is 0 Å². The molecule has 0 aromatic carbocycles. The Hall–Kier alpha value is -1.52. The molecule has 0 spiro atoms. The lowest BCUT2D eigenvalue weighted by Crippen LogP contribution is -2.48. The Bertz CT molecular complexity index is 278. The minimum atomic E-state index is -0.936. The number of hydrogen-bond donors (Lipinski definition) is 2. The first-order valence-corrected chi connectivity index (χ1v) is 4.98. The van der Waals surface area contributed by atoms with E-state index in [0.717, 1.165) is 6.42 Å². The minimum absolute atomic E-state index is 0.146. The van der Waals surface area contributed by atoms with Crippen LogP contribution in [0.1, 0.15) is 19.8 Å². The molecule has 2 atom stereocenters. The molecule has 5 nitrogen and oxygen atoms in total. The highest BCUT2D eigenvalue weighted by Crippen LogP contribution is 2.17. The van der Waals surface area contributed by atoms with Gasteiger partial charge in [-0.1, -0.05) is 6.08 Å². The molecule has 0 radical (unpaired) electrons. The van der Waals surface area contributed by atoms with Gasteiger partial charge in [-0.3, -0.25) is 0 Å². The molecule has 2 amide bonds. The first-order valence-electron chi connectivity index (χ1n) is 4.98. The summed E-state index contributed by atoms with van der Waals surface area (Å²) >= 11 is 0. The number of rotatable bonds is 3. The lowest BCUT2D eigenvalue weighted by molar-refractivity contribution is -0.141. The first kappa shape index (κ1) is 11.6. The second-order valence-corrected chi connectivity index (χ2v) is 3.66. The van der Waals surface area contributed by atoms with E-state index in [1.807, 2.05) is 0 Å². The fourth-order valence-corrected chi connectivity index (χ4v) is 1.60. The topological polar surface area (TPSA) is 69.6 Å². The van der Waals surface area contributed by atoms with Crippen molar-refractivity contribution in [1.82, 2.24) is 10.2 Å². The summed E-state index contributed by atoms with van der Waals surface area (Å²) < 4.78 is 0. The van der Waals surface area contributed by atoms with Crippen molar-refractivity contribution in [3.05, 3.63) is 12.7 Å². The Morgan fingerprint density at radius 1 is 1.67 bits per heavy atom. The zero-order valence-corrected chi connectivity index (χ0v) is 8.77. The first-order chi connectivity index (χ1) is 7.06. The zero-order valence-electron chi connectivity index (χ0n) is 8.77. The molecular weight excluding hydrogens is 196 g/mol. The molecular formula is C10H16N2O3. The van der Waals surface area contributed by atoms with Gasteiger partial charge in [0, 0.05) is 12.6 Å². The molecule has 15 heavy (non-hydrogen) atoms. The van der Waals surface area contributed by atoms with Gasteiger partial charge in [0.05, 0.1) is 0 Å². The summed E-state index contributed by atoms with van der Waals surface area (Å²) in [7, 11) is 0. The number of carbonyl (C=O) groups excluding carboxylic acids is 1. The van der Waals surface area contributed by atoms with E-state index < -0.39 is 12.0 Å². The highest BCUT2D eigenvalue weighted by Gasteiger charge is 2.33. The summed E-state index contributed by atoms with van der Waals surface area (Å²) in [6, 6.07) is -1.15. The summed E-state index contributed by atoms with van der Waals surface area (Å²) in [5.41, 5.74) is 0. The molecule has 1 heterocycles. The van der Waals surface area contributed by atoms with Crippen LogP contribution in [0.5, 0.6) is 0 Å². The van der Waals surface area contributed by atoms with Gasteiger partial charge in [-0.15, -0.1) is 6.58 Å². The van der Waals surface area contributed by atoms with E-state index in [1.54, 1.807) is 13.0 Å². The van der Waals surface area contributed by atoms with Crippen LogP contribution in [0.3, 0.4) is 0 Å². The van der Waals surface area contributed by atoms with Crippen LogP contribution in [0.4, 0.5) is 4.79 Å². The predicted octanol–water partition coefficient (Wildman–Crippen LogP) is 0.819. The van der Waals surface area contributed by atoms with Gasteiger partial charge in [0.25, 0.3) is 0 Å². The second kappa shape index (κ2) is 4.82. The number of nitrogens with zero attached hydrogens (tertiary/aromatic N) is 1. The molecule has 0 aromatic rings. The standard InChI is InChI=1S/C10H16N2O3/c1-3-7(2)11-10(15)12-6-4-5-8(12)9(13)14/h3,7-8H,1,4-6H2,2H3,(H,11,15)(H,13,14)/t7?,8-/m1/s1. The lowest BCUT2D eigenvalue weighted by atomic mass is 10.2. The van der Waals surface area contributed by atoms with Crippen LogP contribution in [0.15, 0.2) is 12.7 Å². The molecule has 1 aliphatic rings. The average Bonchev–Trinajstić information content (AvgIpc) is 2.65. The largest absolute Gasteiger partial charge is 0.480 e. The number of aliphatic carboxylic acids is 1. The second-order valence-electron chi connectivity index (χ2n) is 3.66. The monoisotopic (exact) mass is 212 g/mol. The van der Waals surface area contributed by atoms with Crippen LogP contribution in [-0.2, 0) is 4.79 Å². The minimum Gasteiger partial charge on any atom is -0.480 e. The van der Waals surface area contributed by atoms with Gasteiger partial charge < -0.3 is 15.3 Å². The Balaban J connectivity index is 2.58. The third-order valence-corrected chi connectivity index (χ3v) is 2.50. The van der Waals surface area contributed by atoms with Crippen molar-refractivity contribution in [2.24, 2.45) is 0 Å². The van der Waals surface area contributed by atoms with E-state index in [0.29, 0.717) is 13.0 Å². The zero-order chi connectivity index (χ0) is 11.4. The number of carboxylic acid groups (broad SMARTS) is 1. The molecule has 0 bridgehead atoms. The number of hydrogen-bond acceptors (Lipinski definition) is 2. The average molecular weight is 212 g/mol. The maximum absolute atomic E-state index is 11.6. The van der Waals surface area contributed by atoms with Gasteiger partial charge >= 0.3 is 12.0 Å². The Labute approximate surface area is 88.8 Å². The van der Waals surface area contributed by atoms with Crippen LogP contribution in [0.25, 0.3) is 0 Å². The maximum Gasteiger partial charge on any atom is 0.326 e. The van der Waals surface area contributed by atoms with Crippen LogP contribution in [-0.4, -0.2) is 40.6 Å². The summed E-state index contributed by atoms with van der Waals surface area (Å²) in [5, 5.41) is 11.5. The fraction of sp³-hybridized carbons (Fsp3) is 0.600. The van der Waals surface area contributed by atoms with Crippen LogP contribution >= 0.6 is 0 Å². The SMILES string of the molecule is C=CC(C)NC(=O)N1CCC[C@@H]1C(=O)O. The van der Waals surface area contributed by atoms with Crippen molar-refractivity contribution in [2.75, 3.05) is 6.54 Å². The van der Waals surface area contributed by atoms with Crippen molar-refractivity contribution in [2.45, 2.75) is 31.8 Å². The van der Waals surface area contributed by atoms with Gasteiger partial charge in [-0.2, -0.15) is 0 Å². The molecule has 1 rings (SSSR count). The van der Waals surface area contributed by atoms with Crippen LogP contribution < -0.4 is 5.32 Å². The summed E-state index contributed by atoms with van der Waals surface area (Å²) in [6.07, 6.45) is 2.88. The molecule has 2 N–H and O–H groups in total. The third-order valence-electron chi connectivity index (χ3n) is 2.50. The number of amides is 2. The molecule has 84 valence electrons. The van der Waals surface area contributed by atoms with Gasteiger partial charge in [0.1, 0.15) is 6.04 Å². The maximum atomic E-state index is 11.6. The van der Waals surface area contributed by atoms with Gasteiger partial charge in [0.15, 0.2) is 0 Å². The Kier molecular flexibility index (Phi) is 3.71. The van der Waals surface area contributed by atoms with E-state index in [-0.39, 0.29) is 12.1 Å². The molecule has 5 heteroatoms. The smallest absolute Gasteiger partial charge is 0.326 e. The molecule has 0 aliphatic carbocycles. The molecule has 1 fully saturated rings. The van der Waals surface area contributed by atoms with Gasteiger partial charge in [0.2, 0.25) is 0 Å².